The molecule has 108 valence electrons. The van der Waals surface area contributed by atoms with Crippen LogP contribution in [-0.4, -0.2) is 5.91 Å². The maximum absolute atomic E-state index is 11.9. The zero-order valence-corrected chi connectivity index (χ0v) is 13.1. The van der Waals surface area contributed by atoms with Gasteiger partial charge >= 0.3 is 0 Å². The number of hydrogen-bond acceptors (Lipinski definition) is 1. The molecule has 2 rings (SSSR count). The summed E-state index contributed by atoms with van der Waals surface area (Å²) in [5, 5.41) is 3.79. The van der Waals surface area contributed by atoms with Crippen molar-refractivity contribution in [2.75, 3.05) is 5.32 Å². The smallest absolute Gasteiger partial charge is 0.248 e. The molecule has 0 aliphatic heterocycles. The predicted molar refractivity (Wildman–Crippen MR) is 89.9 cm³/mol. The first kappa shape index (κ1) is 15.6. The second kappa shape index (κ2) is 7.30. The Balaban J connectivity index is 2.03. The number of aryl methyl sites for hydroxylation is 1. The fourth-order valence-electron chi connectivity index (χ4n) is 1.84. The highest BCUT2D eigenvalue weighted by Crippen LogP contribution is 2.23. The van der Waals surface area contributed by atoms with Crippen LogP contribution in [0.5, 0.6) is 0 Å². The lowest BCUT2D eigenvalue weighted by atomic mass is 10.1. The van der Waals surface area contributed by atoms with Gasteiger partial charge in [0.15, 0.2) is 0 Å². The zero-order valence-electron chi connectivity index (χ0n) is 11.6. The van der Waals surface area contributed by atoms with Gasteiger partial charge < -0.3 is 5.32 Å². The molecular formula is C17H15Cl2NO. The third-order valence-electron chi connectivity index (χ3n) is 2.97. The van der Waals surface area contributed by atoms with Gasteiger partial charge in [-0.2, -0.15) is 0 Å². The Morgan fingerprint density at radius 2 is 1.95 bits per heavy atom. The first-order valence-corrected chi connectivity index (χ1v) is 7.37. The van der Waals surface area contributed by atoms with Crippen molar-refractivity contribution in [3.8, 4) is 0 Å². The van der Waals surface area contributed by atoms with E-state index in [1.54, 1.807) is 24.3 Å². The van der Waals surface area contributed by atoms with E-state index in [2.05, 4.69) is 12.2 Å². The Morgan fingerprint density at radius 1 is 1.14 bits per heavy atom. The lowest BCUT2D eigenvalue weighted by Crippen LogP contribution is -2.07. The lowest BCUT2D eigenvalue weighted by molar-refractivity contribution is -0.111. The number of hydrogen-bond donors (Lipinski definition) is 1. The molecule has 2 aromatic rings. The second-order valence-electron chi connectivity index (χ2n) is 4.55. The standard InChI is InChI=1S/C17H15Cl2NO/c1-2-12-4-3-5-14(10-12)20-17(21)9-7-13-6-8-15(18)16(19)11-13/h3-11H,2H2,1H3,(H,20,21). The van der Waals surface area contributed by atoms with Crippen LogP contribution in [0.4, 0.5) is 5.69 Å². The molecule has 2 aromatic carbocycles. The SMILES string of the molecule is CCc1cccc(NC(=O)C=Cc2ccc(Cl)c(Cl)c2)c1. The fraction of sp³-hybridized carbons (Fsp3) is 0.118. The number of anilines is 1. The van der Waals surface area contributed by atoms with Crippen molar-refractivity contribution in [3.63, 3.8) is 0 Å². The molecule has 4 heteroatoms. The average molecular weight is 320 g/mol. The van der Waals surface area contributed by atoms with Crippen LogP contribution >= 0.6 is 23.2 Å². The van der Waals surface area contributed by atoms with Gasteiger partial charge in [-0.1, -0.05) is 48.3 Å². The molecule has 2 nitrogen and oxygen atoms in total. The third-order valence-corrected chi connectivity index (χ3v) is 3.71. The van der Waals surface area contributed by atoms with Gasteiger partial charge in [-0.05, 0) is 47.9 Å². The van der Waals surface area contributed by atoms with Crippen LogP contribution < -0.4 is 5.32 Å². The van der Waals surface area contributed by atoms with E-state index in [1.807, 2.05) is 24.3 Å². The summed E-state index contributed by atoms with van der Waals surface area (Å²) >= 11 is 11.8. The average Bonchev–Trinajstić information content (AvgIpc) is 2.48. The highest BCUT2D eigenvalue weighted by molar-refractivity contribution is 6.42. The molecule has 21 heavy (non-hydrogen) atoms. The second-order valence-corrected chi connectivity index (χ2v) is 5.36. The number of halogens is 2. The van der Waals surface area contributed by atoms with Crippen LogP contribution in [0.1, 0.15) is 18.1 Å². The van der Waals surface area contributed by atoms with E-state index in [9.17, 15) is 4.79 Å². The summed E-state index contributed by atoms with van der Waals surface area (Å²) in [4.78, 5) is 11.9. The highest BCUT2D eigenvalue weighted by atomic mass is 35.5. The summed E-state index contributed by atoms with van der Waals surface area (Å²) in [7, 11) is 0. The summed E-state index contributed by atoms with van der Waals surface area (Å²) in [6.45, 7) is 2.07. The summed E-state index contributed by atoms with van der Waals surface area (Å²) in [5.74, 6) is -0.186. The monoisotopic (exact) mass is 319 g/mol. The molecule has 1 N–H and O–H groups in total. The first-order chi connectivity index (χ1) is 10.1. The normalized spacial score (nSPS) is 10.8. The van der Waals surface area contributed by atoms with Crippen molar-refractivity contribution in [1.29, 1.82) is 0 Å². The molecule has 0 aliphatic carbocycles. The first-order valence-electron chi connectivity index (χ1n) is 6.61. The van der Waals surface area contributed by atoms with Crippen molar-refractivity contribution >= 4 is 40.9 Å². The molecule has 0 atom stereocenters. The molecule has 0 aromatic heterocycles. The van der Waals surface area contributed by atoms with E-state index in [4.69, 9.17) is 23.2 Å². The van der Waals surface area contributed by atoms with Crippen LogP contribution in [0.3, 0.4) is 0 Å². The third kappa shape index (κ3) is 4.62. The quantitative estimate of drug-likeness (QED) is 0.770. The van der Waals surface area contributed by atoms with Gasteiger partial charge in [0.1, 0.15) is 0 Å². The molecule has 0 aliphatic rings. The van der Waals surface area contributed by atoms with Crippen LogP contribution in [0.15, 0.2) is 48.5 Å². The van der Waals surface area contributed by atoms with Crippen molar-refractivity contribution in [1.82, 2.24) is 0 Å². The molecule has 1 amide bonds. The Morgan fingerprint density at radius 3 is 2.67 bits per heavy atom. The Labute approximate surface area is 134 Å². The lowest BCUT2D eigenvalue weighted by Gasteiger charge is -2.04. The highest BCUT2D eigenvalue weighted by Gasteiger charge is 2.00. The number of carbonyl (C=O) groups is 1. The Hall–Kier alpha value is -1.77. The van der Waals surface area contributed by atoms with Gasteiger partial charge in [-0.15, -0.1) is 0 Å². The topological polar surface area (TPSA) is 29.1 Å². The van der Waals surface area contributed by atoms with E-state index < -0.39 is 0 Å². The molecule has 0 saturated heterocycles. The number of rotatable bonds is 4. The fourth-order valence-corrected chi connectivity index (χ4v) is 2.15. The van der Waals surface area contributed by atoms with E-state index in [-0.39, 0.29) is 5.91 Å². The zero-order chi connectivity index (χ0) is 15.2. The maximum Gasteiger partial charge on any atom is 0.248 e. The van der Waals surface area contributed by atoms with Crippen molar-refractivity contribution in [3.05, 3.63) is 69.7 Å². The van der Waals surface area contributed by atoms with Crippen LogP contribution in [-0.2, 0) is 11.2 Å². The van der Waals surface area contributed by atoms with Gasteiger partial charge in [0, 0.05) is 11.8 Å². The summed E-state index contributed by atoms with van der Waals surface area (Å²) < 4.78 is 0. The summed E-state index contributed by atoms with van der Waals surface area (Å²) in [6, 6.07) is 13.0. The van der Waals surface area contributed by atoms with E-state index in [0.717, 1.165) is 17.7 Å². The van der Waals surface area contributed by atoms with Crippen LogP contribution in [0, 0.1) is 0 Å². The number of carbonyl (C=O) groups excluding carboxylic acids is 1. The van der Waals surface area contributed by atoms with E-state index in [1.165, 1.54) is 11.6 Å². The molecule has 0 bridgehead atoms. The molecule has 0 saturated carbocycles. The Kier molecular flexibility index (Phi) is 5.43. The van der Waals surface area contributed by atoms with Crippen LogP contribution in [0.2, 0.25) is 10.0 Å². The van der Waals surface area contributed by atoms with Gasteiger partial charge in [0.2, 0.25) is 5.91 Å². The minimum absolute atomic E-state index is 0.186. The van der Waals surface area contributed by atoms with Crippen molar-refractivity contribution < 1.29 is 4.79 Å². The predicted octanol–water partition coefficient (Wildman–Crippen LogP) is 5.21. The molecule has 0 radical (unpaired) electrons. The van der Waals surface area contributed by atoms with Crippen molar-refractivity contribution in [2.24, 2.45) is 0 Å². The molecular weight excluding hydrogens is 305 g/mol. The number of amides is 1. The van der Waals surface area contributed by atoms with Gasteiger partial charge in [0.05, 0.1) is 10.0 Å². The summed E-state index contributed by atoms with van der Waals surface area (Å²) in [5.41, 5.74) is 2.79. The number of benzene rings is 2. The molecule has 0 fully saturated rings. The molecule has 0 unspecified atom stereocenters. The van der Waals surface area contributed by atoms with Gasteiger partial charge in [-0.25, -0.2) is 0 Å². The van der Waals surface area contributed by atoms with Crippen molar-refractivity contribution in [2.45, 2.75) is 13.3 Å². The Bertz CT molecular complexity index is 680. The molecule has 0 spiro atoms. The van der Waals surface area contributed by atoms with E-state index >= 15 is 0 Å². The molecule has 0 heterocycles. The summed E-state index contributed by atoms with van der Waals surface area (Å²) in [6.07, 6.45) is 4.10. The minimum atomic E-state index is -0.186. The van der Waals surface area contributed by atoms with Gasteiger partial charge in [0.25, 0.3) is 0 Å². The van der Waals surface area contributed by atoms with Crippen LogP contribution in [0.25, 0.3) is 6.08 Å². The van der Waals surface area contributed by atoms with Gasteiger partial charge in [-0.3, -0.25) is 4.79 Å². The van der Waals surface area contributed by atoms with E-state index in [0.29, 0.717) is 10.0 Å². The number of nitrogens with one attached hydrogen (secondary N) is 1. The largest absolute Gasteiger partial charge is 0.323 e. The maximum atomic E-state index is 11.9. The minimum Gasteiger partial charge on any atom is -0.323 e.